The second-order valence-electron chi connectivity index (χ2n) is 4.48. The van der Waals surface area contributed by atoms with Crippen LogP contribution in [0.1, 0.15) is 24.2 Å². The maximum Gasteiger partial charge on any atom is 0.269 e. The monoisotopic (exact) mass is 272 g/mol. The van der Waals surface area contributed by atoms with Crippen LogP contribution < -0.4 is 5.32 Å². The lowest BCUT2D eigenvalue weighted by atomic mass is 10.1. The van der Waals surface area contributed by atoms with Crippen molar-refractivity contribution in [1.29, 1.82) is 0 Å². The Kier molecular flexibility index (Phi) is 4.73. The number of nitro benzene ring substituents is 1. The molecule has 0 bridgehead atoms. The lowest BCUT2D eigenvalue weighted by Gasteiger charge is -2.12. The van der Waals surface area contributed by atoms with Crippen LogP contribution in [0.3, 0.4) is 0 Å². The second kappa shape index (κ2) is 6.72. The van der Waals surface area contributed by atoms with Gasteiger partial charge in [-0.25, -0.2) is 0 Å². The van der Waals surface area contributed by atoms with Crippen molar-refractivity contribution in [2.75, 3.05) is 6.54 Å². The number of rotatable bonds is 6. The molecular formula is C14H16N4O2. The van der Waals surface area contributed by atoms with Crippen LogP contribution in [0, 0.1) is 10.1 Å². The number of hydrogen-bond donors (Lipinski definition) is 1. The molecular weight excluding hydrogens is 256 g/mol. The molecule has 20 heavy (non-hydrogen) atoms. The summed E-state index contributed by atoms with van der Waals surface area (Å²) < 4.78 is 0. The number of nitrogens with one attached hydrogen (secondary N) is 1. The van der Waals surface area contributed by atoms with Crippen LogP contribution in [-0.2, 0) is 6.42 Å². The Balaban J connectivity index is 1.82. The number of benzene rings is 1. The number of aromatic nitrogens is 2. The van der Waals surface area contributed by atoms with E-state index in [1.54, 1.807) is 30.7 Å². The fourth-order valence-corrected chi connectivity index (χ4v) is 1.86. The van der Waals surface area contributed by atoms with E-state index >= 15 is 0 Å². The molecule has 0 spiro atoms. The van der Waals surface area contributed by atoms with Crippen LogP contribution in [0.2, 0.25) is 0 Å². The SMILES string of the molecule is CC(NCCc1ccc([N+](=O)[O-])cc1)c1cnccn1. The molecule has 6 heteroatoms. The molecule has 0 radical (unpaired) electrons. The Morgan fingerprint density at radius 1 is 1.30 bits per heavy atom. The van der Waals surface area contributed by atoms with Gasteiger partial charge >= 0.3 is 0 Å². The normalized spacial score (nSPS) is 12.1. The Morgan fingerprint density at radius 2 is 2.05 bits per heavy atom. The fraction of sp³-hybridized carbons (Fsp3) is 0.286. The topological polar surface area (TPSA) is 81.0 Å². The van der Waals surface area contributed by atoms with Crippen LogP contribution in [0.15, 0.2) is 42.9 Å². The van der Waals surface area contributed by atoms with Crippen molar-refractivity contribution in [2.24, 2.45) is 0 Å². The van der Waals surface area contributed by atoms with Crippen LogP contribution in [0.4, 0.5) is 5.69 Å². The molecule has 0 saturated carbocycles. The van der Waals surface area contributed by atoms with Crippen molar-refractivity contribution < 1.29 is 4.92 Å². The standard InChI is InChI=1S/C14H16N4O2/c1-11(14-10-15-8-9-17-14)16-7-6-12-2-4-13(5-3-12)18(19)20/h2-5,8-11,16H,6-7H2,1H3. The van der Waals surface area contributed by atoms with Gasteiger partial charge in [-0.1, -0.05) is 12.1 Å². The van der Waals surface area contributed by atoms with Gasteiger partial charge in [0.05, 0.1) is 10.6 Å². The highest BCUT2D eigenvalue weighted by molar-refractivity contribution is 5.32. The number of hydrogen-bond acceptors (Lipinski definition) is 5. The molecule has 2 rings (SSSR count). The molecule has 2 aromatic rings. The first-order chi connectivity index (χ1) is 9.66. The summed E-state index contributed by atoms with van der Waals surface area (Å²) in [5.41, 5.74) is 2.08. The molecule has 1 atom stereocenters. The third-order valence-electron chi connectivity index (χ3n) is 3.04. The Morgan fingerprint density at radius 3 is 2.65 bits per heavy atom. The van der Waals surface area contributed by atoms with Gasteiger partial charge < -0.3 is 5.32 Å². The average molecular weight is 272 g/mol. The van der Waals surface area contributed by atoms with Gasteiger partial charge in [-0.2, -0.15) is 0 Å². The van der Waals surface area contributed by atoms with Gasteiger partial charge in [-0.3, -0.25) is 20.1 Å². The van der Waals surface area contributed by atoms with Gasteiger partial charge in [0, 0.05) is 36.8 Å². The lowest BCUT2D eigenvalue weighted by molar-refractivity contribution is -0.384. The molecule has 0 amide bonds. The van der Waals surface area contributed by atoms with E-state index in [-0.39, 0.29) is 11.7 Å². The highest BCUT2D eigenvalue weighted by atomic mass is 16.6. The smallest absolute Gasteiger partial charge is 0.269 e. The van der Waals surface area contributed by atoms with E-state index < -0.39 is 4.92 Å². The van der Waals surface area contributed by atoms with Crippen LogP contribution >= 0.6 is 0 Å². The average Bonchev–Trinajstić information content (AvgIpc) is 2.48. The van der Waals surface area contributed by atoms with Crippen LogP contribution in [0.25, 0.3) is 0 Å². The van der Waals surface area contributed by atoms with Crippen molar-refractivity contribution in [2.45, 2.75) is 19.4 Å². The van der Waals surface area contributed by atoms with E-state index in [2.05, 4.69) is 15.3 Å². The molecule has 0 aliphatic heterocycles. The second-order valence-corrected chi connectivity index (χ2v) is 4.48. The summed E-state index contributed by atoms with van der Waals surface area (Å²) in [7, 11) is 0. The quantitative estimate of drug-likeness (QED) is 0.644. The Bertz CT molecular complexity index is 557. The highest BCUT2D eigenvalue weighted by Crippen LogP contribution is 2.12. The zero-order chi connectivity index (χ0) is 14.4. The third kappa shape index (κ3) is 3.83. The molecule has 6 nitrogen and oxygen atoms in total. The molecule has 1 heterocycles. The molecule has 1 aromatic carbocycles. The van der Waals surface area contributed by atoms with Gasteiger partial charge in [-0.15, -0.1) is 0 Å². The Labute approximate surface area is 117 Å². The van der Waals surface area contributed by atoms with Gasteiger partial charge in [-0.05, 0) is 25.5 Å². The summed E-state index contributed by atoms with van der Waals surface area (Å²) in [6.07, 6.45) is 5.86. The van der Waals surface area contributed by atoms with Gasteiger partial charge in [0.2, 0.25) is 0 Å². The number of non-ortho nitro benzene ring substituents is 1. The van der Waals surface area contributed by atoms with Crippen LogP contribution in [-0.4, -0.2) is 21.4 Å². The first kappa shape index (κ1) is 14.1. The van der Waals surface area contributed by atoms with Crippen molar-refractivity contribution >= 4 is 5.69 Å². The minimum atomic E-state index is -0.391. The molecule has 1 N–H and O–H groups in total. The zero-order valence-electron chi connectivity index (χ0n) is 11.2. The number of nitro groups is 1. The van der Waals surface area contributed by atoms with Crippen molar-refractivity contribution in [1.82, 2.24) is 15.3 Å². The summed E-state index contributed by atoms with van der Waals surface area (Å²) >= 11 is 0. The fourth-order valence-electron chi connectivity index (χ4n) is 1.86. The van der Waals surface area contributed by atoms with E-state index in [1.165, 1.54) is 12.1 Å². The van der Waals surface area contributed by atoms with Crippen molar-refractivity contribution in [3.05, 3.63) is 64.2 Å². The molecule has 1 aromatic heterocycles. The molecule has 1 unspecified atom stereocenters. The van der Waals surface area contributed by atoms with E-state index in [0.29, 0.717) is 0 Å². The highest BCUT2D eigenvalue weighted by Gasteiger charge is 2.06. The molecule has 0 aliphatic carbocycles. The Hall–Kier alpha value is -2.34. The minimum Gasteiger partial charge on any atom is -0.308 e. The first-order valence-corrected chi connectivity index (χ1v) is 6.39. The summed E-state index contributed by atoms with van der Waals surface area (Å²) in [5.74, 6) is 0. The van der Waals surface area contributed by atoms with E-state index in [1.807, 2.05) is 6.92 Å². The van der Waals surface area contributed by atoms with Gasteiger partial charge in [0.15, 0.2) is 0 Å². The van der Waals surface area contributed by atoms with Gasteiger partial charge in [0.1, 0.15) is 0 Å². The van der Waals surface area contributed by atoms with E-state index in [4.69, 9.17) is 0 Å². The van der Waals surface area contributed by atoms with E-state index in [9.17, 15) is 10.1 Å². The zero-order valence-corrected chi connectivity index (χ0v) is 11.2. The molecule has 0 aliphatic rings. The lowest BCUT2D eigenvalue weighted by Crippen LogP contribution is -2.22. The minimum absolute atomic E-state index is 0.120. The van der Waals surface area contributed by atoms with E-state index in [0.717, 1.165) is 24.2 Å². The maximum absolute atomic E-state index is 10.6. The van der Waals surface area contributed by atoms with Crippen molar-refractivity contribution in [3.63, 3.8) is 0 Å². The predicted octanol–water partition coefficient (Wildman–Crippen LogP) is 2.28. The molecule has 104 valence electrons. The third-order valence-corrected chi connectivity index (χ3v) is 3.04. The first-order valence-electron chi connectivity index (χ1n) is 6.39. The van der Waals surface area contributed by atoms with Crippen LogP contribution in [0.5, 0.6) is 0 Å². The van der Waals surface area contributed by atoms with Gasteiger partial charge in [0.25, 0.3) is 5.69 Å². The number of nitrogens with zero attached hydrogens (tertiary/aromatic N) is 3. The summed E-state index contributed by atoms with van der Waals surface area (Å²) in [5, 5.41) is 13.9. The molecule has 0 saturated heterocycles. The largest absolute Gasteiger partial charge is 0.308 e. The predicted molar refractivity (Wildman–Crippen MR) is 75.3 cm³/mol. The maximum atomic E-state index is 10.6. The summed E-state index contributed by atoms with van der Waals surface area (Å²) in [4.78, 5) is 18.4. The van der Waals surface area contributed by atoms with Crippen molar-refractivity contribution in [3.8, 4) is 0 Å². The summed E-state index contributed by atoms with van der Waals surface area (Å²) in [6.45, 7) is 2.80. The summed E-state index contributed by atoms with van der Waals surface area (Å²) in [6, 6.07) is 6.75. The molecule has 0 fully saturated rings.